The molecule has 1 aromatic carbocycles. The molecule has 0 saturated carbocycles. The van der Waals surface area contributed by atoms with Crippen LogP contribution in [0.3, 0.4) is 0 Å². The van der Waals surface area contributed by atoms with Crippen molar-refractivity contribution < 1.29 is 13.2 Å². The van der Waals surface area contributed by atoms with Crippen LogP contribution in [-0.2, 0) is 6.18 Å². The summed E-state index contributed by atoms with van der Waals surface area (Å²) in [4.78, 5) is 0. The number of halogens is 3. The predicted octanol–water partition coefficient (Wildman–Crippen LogP) is 2.31. The Labute approximate surface area is 79.7 Å². The maximum Gasteiger partial charge on any atom is 0.418 e. The van der Waals surface area contributed by atoms with Crippen molar-refractivity contribution in [2.24, 2.45) is 5.73 Å². The zero-order chi connectivity index (χ0) is 10.9. The number of alkyl halides is 3. The molecule has 0 heterocycles. The monoisotopic (exact) mass is 204 g/mol. The van der Waals surface area contributed by atoms with Gasteiger partial charge >= 0.3 is 6.18 Å². The highest BCUT2D eigenvalue weighted by Gasteiger charge is 2.32. The average Bonchev–Trinajstić information content (AvgIpc) is 2.01. The number of anilines is 1. The van der Waals surface area contributed by atoms with Crippen molar-refractivity contribution in [3.63, 3.8) is 0 Å². The van der Waals surface area contributed by atoms with Gasteiger partial charge in [0.2, 0.25) is 0 Å². The molecular formula is C9H11F3N2. The lowest BCUT2D eigenvalue weighted by Crippen LogP contribution is -2.11. The maximum absolute atomic E-state index is 12.3. The molecule has 78 valence electrons. The molecule has 0 bridgehead atoms. The van der Waals surface area contributed by atoms with Crippen molar-refractivity contribution in [2.45, 2.75) is 19.1 Å². The van der Waals surface area contributed by atoms with Crippen LogP contribution in [0.25, 0.3) is 0 Å². The summed E-state index contributed by atoms with van der Waals surface area (Å²) < 4.78 is 36.8. The van der Waals surface area contributed by atoms with Crippen LogP contribution < -0.4 is 11.5 Å². The lowest BCUT2D eigenvalue weighted by atomic mass is 10.0. The SMILES string of the molecule is CC(N)c1ccc(C(F)(F)F)c(N)c1. The highest BCUT2D eigenvalue weighted by atomic mass is 19.4. The maximum atomic E-state index is 12.3. The number of nitrogens with two attached hydrogens (primary N) is 2. The molecule has 0 aliphatic rings. The Balaban J connectivity index is 3.15. The van der Waals surface area contributed by atoms with Crippen LogP contribution in [0.2, 0.25) is 0 Å². The van der Waals surface area contributed by atoms with Gasteiger partial charge in [-0.05, 0) is 24.6 Å². The molecule has 4 N–H and O–H groups in total. The number of hydrogen-bond acceptors (Lipinski definition) is 2. The summed E-state index contributed by atoms with van der Waals surface area (Å²) in [7, 11) is 0. The zero-order valence-electron chi connectivity index (χ0n) is 7.60. The fourth-order valence-electron chi connectivity index (χ4n) is 1.12. The van der Waals surface area contributed by atoms with Crippen molar-refractivity contribution in [1.82, 2.24) is 0 Å². The summed E-state index contributed by atoms with van der Waals surface area (Å²) in [6.07, 6.45) is -4.40. The quantitative estimate of drug-likeness (QED) is 0.689. The first-order chi connectivity index (χ1) is 6.32. The van der Waals surface area contributed by atoms with Crippen LogP contribution in [0, 0.1) is 0 Å². The molecular weight excluding hydrogens is 193 g/mol. The summed E-state index contributed by atoms with van der Waals surface area (Å²) in [5.41, 5.74) is 10.3. The lowest BCUT2D eigenvalue weighted by molar-refractivity contribution is -0.136. The normalized spacial score (nSPS) is 14.1. The second-order valence-electron chi connectivity index (χ2n) is 3.13. The van der Waals surface area contributed by atoms with Crippen LogP contribution in [0.4, 0.5) is 18.9 Å². The summed E-state index contributed by atoms with van der Waals surface area (Å²) >= 11 is 0. The van der Waals surface area contributed by atoms with Crippen LogP contribution in [0.5, 0.6) is 0 Å². The van der Waals surface area contributed by atoms with Crippen LogP contribution >= 0.6 is 0 Å². The van der Waals surface area contributed by atoms with E-state index < -0.39 is 11.7 Å². The van der Waals surface area contributed by atoms with Gasteiger partial charge in [0.05, 0.1) is 5.56 Å². The van der Waals surface area contributed by atoms with Gasteiger partial charge in [-0.3, -0.25) is 0 Å². The van der Waals surface area contributed by atoms with Gasteiger partial charge in [0.15, 0.2) is 0 Å². The van der Waals surface area contributed by atoms with Crippen molar-refractivity contribution >= 4 is 5.69 Å². The number of benzene rings is 1. The van der Waals surface area contributed by atoms with Crippen molar-refractivity contribution in [3.8, 4) is 0 Å². The Bertz CT molecular complexity index is 331. The fraction of sp³-hybridized carbons (Fsp3) is 0.333. The number of nitrogen functional groups attached to an aromatic ring is 1. The Kier molecular flexibility index (Phi) is 2.71. The van der Waals surface area contributed by atoms with Crippen LogP contribution in [0.15, 0.2) is 18.2 Å². The molecule has 0 aromatic heterocycles. The highest BCUT2D eigenvalue weighted by Crippen LogP contribution is 2.34. The standard InChI is InChI=1S/C9H11F3N2/c1-5(13)6-2-3-7(8(14)4-6)9(10,11)12/h2-5H,13-14H2,1H3. The minimum Gasteiger partial charge on any atom is -0.398 e. The average molecular weight is 204 g/mol. The summed E-state index contributed by atoms with van der Waals surface area (Å²) in [5, 5.41) is 0. The molecule has 1 aromatic rings. The van der Waals surface area contributed by atoms with E-state index in [1.807, 2.05) is 0 Å². The van der Waals surface area contributed by atoms with E-state index in [-0.39, 0.29) is 11.7 Å². The minimum atomic E-state index is -4.40. The van der Waals surface area contributed by atoms with Crippen molar-refractivity contribution in [3.05, 3.63) is 29.3 Å². The Morgan fingerprint density at radius 3 is 2.21 bits per heavy atom. The van der Waals surface area contributed by atoms with E-state index in [1.165, 1.54) is 12.1 Å². The second-order valence-corrected chi connectivity index (χ2v) is 3.13. The molecule has 0 fully saturated rings. The van der Waals surface area contributed by atoms with Gasteiger partial charge in [0, 0.05) is 11.7 Å². The van der Waals surface area contributed by atoms with E-state index in [0.29, 0.717) is 5.56 Å². The smallest absolute Gasteiger partial charge is 0.398 e. The Hall–Kier alpha value is -1.23. The van der Waals surface area contributed by atoms with Gasteiger partial charge < -0.3 is 11.5 Å². The molecule has 1 atom stereocenters. The van der Waals surface area contributed by atoms with Crippen LogP contribution in [-0.4, -0.2) is 0 Å². The highest BCUT2D eigenvalue weighted by molar-refractivity contribution is 5.51. The molecule has 1 rings (SSSR count). The third-order valence-electron chi connectivity index (χ3n) is 1.91. The van der Waals surface area contributed by atoms with Crippen molar-refractivity contribution in [1.29, 1.82) is 0 Å². The van der Waals surface area contributed by atoms with Crippen molar-refractivity contribution in [2.75, 3.05) is 5.73 Å². The van der Waals surface area contributed by atoms with Gasteiger partial charge in [0.25, 0.3) is 0 Å². The summed E-state index contributed by atoms with van der Waals surface area (Å²) in [6, 6.07) is 3.23. The largest absolute Gasteiger partial charge is 0.418 e. The first kappa shape index (κ1) is 10.8. The Morgan fingerprint density at radius 2 is 1.86 bits per heavy atom. The summed E-state index contributed by atoms with van der Waals surface area (Å²) in [5.74, 6) is 0. The number of hydrogen-bond donors (Lipinski definition) is 2. The molecule has 5 heteroatoms. The second kappa shape index (κ2) is 3.49. The summed E-state index contributed by atoms with van der Waals surface area (Å²) in [6.45, 7) is 1.68. The Morgan fingerprint density at radius 1 is 1.29 bits per heavy atom. The molecule has 0 aliphatic heterocycles. The zero-order valence-corrected chi connectivity index (χ0v) is 7.60. The third kappa shape index (κ3) is 2.17. The molecule has 0 amide bonds. The van der Waals surface area contributed by atoms with Gasteiger partial charge in [-0.2, -0.15) is 13.2 Å². The van der Waals surface area contributed by atoms with Gasteiger partial charge in [-0.25, -0.2) is 0 Å². The first-order valence-corrected chi connectivity index (χ1v) is 4.04. The molecule has 0 aliphatic carbocycles. The number of rotatable bonds is 1. The van der Waals surface area contributed by atoms with E-state index in [4.69, 9.17) is 11.5 Å². The lowest BCUT2D eigenvalue weighted by Gasteiger charge is -2.12. The first-order valence-electron chi connectivity index (χ1n) is 4.04. The van der Waals surface area contributed by atoms with E-state index in [9.17, 15) is 13.2 Å². The molecule has 14 heavy (non-hydrogen) atoms. The van der Waals surface area contributed by atoms with E-state index in [0.717, 1.165) is 6.07 Å². The molecule has 0 radical (unpaired) electrons. The molecule has 2 nitrogen and oxygen atoms in total. The van der Waals surface area contributed by atoms with Gasteiger partial charge in [0.1, 0.15) is 0 Å². The van der Waals surface area contributed by atoms with E-state index in [2.05, 4.69) is 0 Å². The fourth-order valence-corrected chi connectivity index (χ4v) is 1.12. The van der Waals surface area contributed by atoms with Gasteiger partial charge in [-0.15, -0.1) is 0 Å². The van der Waals surface area contributed by atoms with E-state index in [1.54, 1.807) is 6.92 Å². The third-order valence-corrected chi connectivity index (χ3v) is 1.91. The predicted molar refractivity (Wildman–Crippen MR) is 48.5 cm³/mol. The molecule has 0 spiro atoms. The topological polar surface area (TPSA) is 52.0 Å². The molecule has 1 unspecified atom stereocenters. The molecule has 0 saturated heterocycles. The van der Waals surface area contributed by atoms with Gasteiger partial charge in [-0.1, -0.05) is 6.07 Å². The minimum absolute atomic E-state index is 0.285. The van der Waals surface area contributed by atoms with E-state index >= 15 is 0 Å². The van der Waals surface area contributed by atoms with Crippen LogP contribution in [0.1, 0.15) is 24.1 Å².